The molecule has 0 atom stereocenters. The Morgan fingerprint density at radius 1 is 1.44 bits per heavy atom. The zero-order valence-corrected chi connectivity index (χ0v) is 10.3. The van der Waals surface area contributed by atoms with Crippen molar-refractivity contribution in [3.63, 3.8) is 0 Å². The molecule has 0 radical (unpaired) electrons. The Labute approximate surface area is 98.5 Å². The number of nitrogens with one attached hydrogen (secondary N) is 1. The van der Waals surface area contributed by atoms with Crippen molar-refractivity contribution in [3.8, 4) is 0 Å². The molecule has 0 aliphatic carbocycles. The first-order valence-electron chi connectivity index (χ1n) is 6.19. The summed E-state index contributed by atoms with van der Waals surface area (Å²) in [6, 6.07) is 0. The van der Waals surface area contributed by atoms with Gasteiger partial charge < -0.3 is 5.32 Å². The molecular weight excluding hydrogens is 198 g/mol. The van der Waals surface area contributed by atoms with Crippen LogP contribution in [0.2, 0.25) is 0 Å². The highest BCUT2D eigenvalue weighted by Crippen LogP contribution is 2.03. The number of hydrogen-bond acceptors (Lipinski definition) is 2. The maximum Gasteiger partial charge on any atom is 0.0534 e. The number of aryl methyl sites for hydroxylation is 1. The third kappa shape index (κ3) is 5.12. The zero-order chi connectivity index (χ0) is 11.6. The molecule has 0 spiro atoms. The lowest BCUT2D eigenvalue weighted by Gasteiger charge is -2.00. The van der Waals surface area contributed by atoms with Crippen molar-refractivity contribution >= 4 is 0 Å². The minimum absolute atomic E-state index is 0.924. The van der Waals surface area contributed by atoms with Crippen LogP contribution in [-0.4, -0.2) is 16.3 Å². The highest BCUT2D eigenvalue weighted by atomic mass is 15.3. The number of rotatable bonds is 9. The van der Waals surface area contributed by atoms with Gasteiger partial charge in [-0.3, -0.25) is 4.68 Å². The Morgan fingerprint density at radius 2 is 2.31 bits per heavy atom. The fourth-order valence-electron chi connectivity index (χ4n) is 1.63. The average Bonchev–Trinajstić information content (AvgIpc) is 2.74. The smallest absolute Gasteiger partial charge is 0.0534 e. The number of allylic oxidation sites excluding steroid dienone is 1. The first-order valence-corrected chi connectivity index (χ1v) is 6.19. The summed E-state index contributed by atoms with van der Waals surface area (Å²) in [7, 11) is 0. The van der Waals surface area contributed by atoms with Crippen LogP contribution in [-0.2, 0) is 13.1 Å². The lowest BCUT2D eigenvalue weighted by atomic mass is 10.2. The summed E-state index contributed by atoms with van der Waals surface area (Å²) in [6.07, 6.45) is 10.9. The van der Waals surface area contributed by atoms with Crippen molar-refractivity contribution in [1.82, 2.24) is 15.1 Å². The summed E-state index contributed by atoms with van der Waals surface area (Å²) in [5.74, 6) is 0. The quantitative estimate of drug-likeness (QED) is 0.513. The summed E-state index contributed by atoms with van der Waals surface area (Å²) in [6.45, 7) is 8.80. The molecule has 0 saturated carbocycles. The zero-order valence-electron chi connectivity index (χ0n) is 10.3. The van der Waals surface area contributed by atoms with E-state index in [9.17, 15) is 0 Å². The molecule has 1 heterocycles. The second-order valence-corrected chi connectivity index (χ2v) is 4.03. The maximum absolute atomic E-state index is 4.34. The van der Waals surface area contributed by atoms with Gasteiger partial charge in [0.05, 0.1) is 6.20 Å². The lowest BCUT2D eigenvalue weighted by molar-refractivity contribution is 0.545. The predicted molar refractivity (Wildman–Crippen MR) is 68.3 cm³/mol. The molecule has 0 aliphatic heterocycles. The van der Waals surface area contributed by atoms with E-state index in [0.717, 1.165) is 26.1 Å². The van der Waals surface area contributed by atoms with Gasteiger partial charge in [0.1, 0.15) is 0 Å². The minimum atomic E-state index is 0.924. The van der Waals surface area contributed by atoms with Gasteiger partial charge in [-0.2, -0.15) is 5.10 Å². The van der Waals surface area contributed by atoms with Crippen LogP contribution in [0.15, 0.2) is 25.0 Å². The second kappa shape index (κ2) is 8.11. The van der Waals surface area contributed by atoms with Gasteiger partial charge in [-0.1, -0.05) is 19.4 Å². The van der Waals surface area contributed by atoms with Gasteiger partial charge in [-0.15, -0.1) is 6.58 Å². The van der Waals surface area contributed by atoms with Crippen LogP contribution in [0.25, 0.3) is 0 Å². The molecule has 1 rings (SSSR count). The van der Waals surface area contributed by atoms with E-state index in [4.69, 9.17) is 0 Å². The van der Waals surface area contributed by atoms with E-state index in [0.29, 0.717) is 0 Å². The van der Waals surface area contributed by atoms with Crippen molar-refractivity contribution in [1.29, 1.82) is 0 Å². The second-order valence-electron chi connectivity index (χ2n) is 4.03. The van der Waals surface area contributed by atoms with E-state index in [-0.39, 0.29) is 0 Å². The van der Waals surface area contributed by atoms with Gasteiger partial charge in [0.2, 0.25) is 0 Å². The van der Waals surface area contributed by atoms with E-state index in [2.05, 4.69) is 30.1 Å². The van der Waals surface area contributed by atoms with Crippen molar-refractivity contribution < 1.29 is 0 Å². The van der Waals surface area contributed by atoms with Crippen LogP contribution < -0.4 is 5.32 Å². The molecule has 0 fully saturated rings. The fourth-order valence-corrected chi connectivity index (χ4v) is 1.63. The average molecular weight is 221 g/mol. The van der Waals surface area contributed by atoms with E-state index in [1.54, 1.807) is 0 Å². The highest BCUT2D eigenvalue weighted by molar-refractivity contribution is 5.03. The molecule has 0 unspecified atom stereocenters. The number of aromatic nitrogens is 2. The Morgan fingerprint density at radius 3 is 3.06 bits per heavy atom. The molecule has 90 valence electrons. The van der Waals surface area contributed by atoms with E-state index in [1.165, 1.54) is 24.8 Å². The molecule has 3 heteroatoms. The monoisotopic (exact) mass is 221 g/mol. The Kier molecular flexibility index (Phi) is 6.58. The van der Waals surface area contributed by atoms with E-state index < -0.39 is 0 Å². The predicted octanol–water partition coefficient (Wildman–Crippen LogP) is 2.74. The van der Waals surface area contributed by atoms with E-state index >= 15 is 0 Å². The molecule has 1 aromatic rings. The Hall–Kier alpha value is -1.09. The standard InChI is InChI=1S/C13H23N3/c1-3-5-6-7-8-9-16-12-13(11-15-16)10-14-4-2/h3,11-12,14H,1,4-10H2,2H3. The van der Waals surface area contributed by atoms with Crippen LogP contribution in [0.5, 0.6) is 0 Å². The van der Waals surface area contributed by atoms with Gasteiger partial charge in [-0.25, -0.2) is 0 Å². The normalized spacial score (nSPS) is 10.6. The Bertz CT molecular complexity index is 291. The molecule has 0 amide bonds. The van der Waals surface area contributed by atoms with Crippen molar-refractivity contribution in [2.45, 2.75) is 45.7 Å². The third-order valence-corrected chi connectivity index (χ3v) is 2.56. The molecule has 3 nitrogen and oxygen atoms in total. The summed E-state index contributed by atoms with van der Waals surface area (Å²) in [5.41, 5.74) is 1.27. The van der Waals surface area contributed by atoms with Crippen molar-refractivity contribution in [2.24, 2.45) is 0 Å². The van der Waals surface area contributed by atoms with Crippen molar-refractivity contribution in [3.05, 3.63) is 30.6 Å². The molecule has 0 aliphatic rings. The number of nitrogens with zero attached hydrogens (tertiary/aromatic N) is 2. The summed E-state index contributed by atoms with van der Waals surface area (Å²) < 4.78 is 2.04. The summed E-state index contributed by atoms with van der Waals surface area (Å²) in [5, 5.41) is 7.64. The molecule has 1 aromatic heterocycles. The van der Waals surface area contributed by atoms with E-state index in [1.807, 2.05) is 17.0 Å². The molecule has 0 saturated heterocycles. The van der Waals surface area contributed by atoms with Crippen LogP contribution in [0.1, 0.15) is 38.2 Å². The lowest BCUT2D eigenvalue weighted by Crippen LogP contribution is -2.11. The SMILES string of the molecule is C=CCCCCCn1cc(CNCC)cn1. The van der Waals surface area contributed by atoms with Gasteiger partial charge in [0.25, 0.3) is 0 Å². The third-order valence-electron chi connectivity index (χ3n) is 2.56. The first kappa shape index (κ1) is 13.0. The molecule has 0 bridgehead atoms. The maximum atomic E-state index is 4.34. The van der Waals surface area contributed by atoms with Crippen molar-refractivity contribution in [2.75, 3.05) is 6.54 Å². The Balaban J connectivity index is 2.16. The van der Waals surface area contributed by atoms with Gasteiger partial charge in [0.15, 0.2) is 0 Å². The number of hydrogen-bond donors (Lipinski definition) is 1. The van der Waals surface area contributed by atoms with Crippen LogP contribution >= 0.6 is 0 Å². The van der Waals surface area contributed by atoms with Crippen LogP contribution in [0.3, 0.4) is 0 Å². The minimum Gasteiger partial charge on any atom is -0.313 e. The highest BCUT2D eigenvalue weighted by Gasteiger charge is 1.97. The fraction of sp³-hybridized carbons (Fsp3) is 0.615. The summed E-state index contributed by atoms with van der Waals surface area (Å²) >= 11 is 0. The summed E-state index contributed by atoms with van der Waals surface area (Å²) in [4.78, 5) is 0. The van der Waals surface area contributed by atoms with Gasteiger partial charge in [0, 0.05) is 24.8 Å². The largest absolute Gasteiger partial charge is 0.313 e. The molecular formula is C13H23N3. The van der Waals surface area contributed by atoms with Gasteiger partial charge in [-0.05, 0) is 25.8 Å². The topological polar surface area (TPSA) is 29.9 Å². The van der Waals surface area contributed by atoms with Gasteiger partial charge >= 0.3 is 0 Å². The van der Waals surface area contributed by atoms with Crippen LogP contribution in [0.4, 0.5) is 0 Å². The van der Waals surface area contributed by atoms with Crippen LogP contribution in [0, 0.1) is 0 Å². The first-order chi connectivity index (χ1) is 7.86. The molecule has 0 aromatic carbocycles. The molecule has 1 N–H and O–H groups in total. The number of unbranched alkanes of at least 4 members (excludes halogenated alkanes) is 3. The molecule has 16 heavy (non-hydrogen) atoms.